The van der Waals surface area contributed by atoms with Gasteiger partial charge in [0.15, 0.2) is 0 Å². The monoisotopic (exact) mass is 287 g/mol. The fraction of sp³-hybridized carbons (Fsp3) is 0.600. The third-order valence-corrected chi connectivity index (χ3v) is 4.21. The van der Waals surface area contributed by atoms with Crippen LogP contribution in [0.5, 0.6) is 0 Å². The smallest absolute Gasteiger partial charge is 0.416 e. The van der Waals surface area contributed by atoms with Crippen molar-refractivity contribution in [3.8, 4) is 0 Å². The molecule has 1 aliphatic carbocycles. The molecule has 0 aromatic heterocycles. The summed E-state index contributed by atoms with van der Waals surface area (Å²) < 4.78 is 37.9. The number of quaternary nitrogens is 1. The standard InChI is InChI=1S/C15H20F3NO/c1-19(2,20)14-8-4-6-12(10-14)11-5-3-7-13(9-11)15(16,17)18/h3,5,7,9,12,14H,4,6,8,10H2,1-2H3. The summed E-state index contributed by atoms with van der Waals surface area (Å²) >= 11 is 0. The van der Waals surface area contributed by atoms with Crippen molar-refractivity contribution in [3.05, 3.63) is 40.6 Å². The lowest BCUT2D eigenvalue weighted by atomic mass is 9.80. The van der Waals surface area contributed by atoms with Gasteiger partial charge in [0.2, 0.25) is 0 Å². The minimum atomic E-state index is -4.31. The number of halogens is 3. The van der Waals surface area contributed by atoms with E-state index in [0.717, 1.165) is 25.3 Å². The highest BCUT2D eigenvalue weighted by Crippen LogP contribution is 2.38. The van der Waals surface area contributed by atoms with Crippen LogP contribution in [0.4, 0.5) is 13.2 Å². The lowest BCUT2D eigenvalue weighted by Crippen LogP contribution is -2.45. The number of hydroxylamine groups is 3. The molecule has 0 heterocycles. The summed E-state index contributed by atoms with van der Waals surface area (Å²) in [5.74, 6) is 0.0578. The molecule has 0 spiro atoms. The van der Waals surface area contributed by atoms with Crippen LogP contribution in [0.3, 0.4) is 0 Å². The van der Waals surface area contributed by atoms with Crippen LogP contribution in [0.1, 0.15) is 42.7 Å². The summed E-state index contributed by atoms with van der Waals surface area (Å²) in [4.78, 5) is 0. The van der Waals surface area contributed by atoms with Crippen LogP contribution in [0, 0.1) is 5.21 Å². The van der Waals surface area contributed by atoms with Gasteiger partial charge < -0.3 is 9.85 Å². The summed E-state index contributed by atoms with van der Waals surface area (Å²) in [6.07, 6.45) is -1.03. The van der Waals surface area contributed by atoms with Gasteiger partial charge in [0, 0.05) is 6.42 Å². The molecule has 0 radical (unpaired) electrons. The molecule has 1 aromatic carbocycles. The first-order valence-electron chi connectivity index (χ1n) is 6.90. The van der Waals surface area contributed by atoms with E-state index in [1.807, 2.05) is 0 Å². The van der Waals surface area contributed by atoms with E-state index in [2.05, 4.69) is 0 Å². The van der Waals surface area contributed by atoms with E-state index in [1.165, 1.54) is 12.1 Å². The van der Waals surface area contributed by atoms with Crippen molar-refractivity contribution in [3.63, 3.8) is 0 Å². The van der Waals surface area contributed by atoms with Gasteiger partial charge in [-0.25, -0.2) is 0 Å². The SMILES string of the molecule is C[N+](C)([O-])C1CCCC(c2cccc(C(F)(F)F)c2)C1. The molecule has 2 rings (SSSR count). The van der Waals surface area contributed by atoms with Crippen LogP contribution >= 0.6 is 0 Å². The molecule has 0 saturated heterocycles. The van der Waals surface area contributed by atoms with Gasteiger partial charge in [-0.2, -0.15) is 13.2 Å². The number of hydrogen-bond donors (Lipinski definition) is 0. The van der Waals surface area contributed by atoms with Crippen LogP contribution in [0.2, 0.25) is 0 Å². The minimum absolute atomic E-state index is 0.0247. The normalized spacial score (nSPS) is 24.7. The molecule has 2 unspecified atom stereocenters. The number of benzene rings is 1. The first kappa shape index (κ1) is 15.3. The molecule has 1 fully saturated rings. The highest BCUT2D eigenvalue weighted by atomic mass is 19.4. The van der Waals surface area contributed by atoms with Crippen LogP contribution in [0.15, 0.2) is 24.3 Å². The second-order valence-electron chi connectivity index (χ2n) is 6.07. The van der Waals surface area contributed by atoms with Crippen LogP contribution in [-0.2, 0) is 6.18 Å². The Kier molecular flexibility index (Phi) is 4.12. The number of nitrogens with zero attached hydrogens (tertiary/aromatic N) is 1. The fourth-order valence-electron chi connectivity index (χ4n) is 3.00. The fourth-order valence-corrected chi connectivity index (χ4v) is 3.00. The van der Waals surface area contributed by atoms with Gasteiger partial charge in [-0.15, -0.1) is 0 Å². The van der Waals surface area contributed by atoms with Gasteiger partial charge in [-0.1, -0.05) is 18.2 Å². The average molecular weight is 287 g/mol. The molecule has 1 saturated carbocycles. The zero-order chi connectivity index (χ0) is 15.0. The molecular formula is C15H20F3NO. The Morgan fingerprint density at radius 2 is 1.90 bits per heavy atom. The summed E-state index contributed by atoms with van der Waals surface area (Å²) in [6.45, 7) is 0. The molecule has 5 heteroatoms. The van der Waals surface area contributed by atoms with Crippen molar-refractivity contribution >= 4 is 0 Å². The average Bonchev–Trinajstić information content (AvgIpc) is 2.37. The highest BCUT2D eigenvalue weighted by molar-refractivity contribution is 5.28. The molecule has 0 bridgehead atoms. The maximum absolute atomic E-state index is 12.7. The van der Waals surface area contributed by atoms with Gasteiger partial charge in [0.1, 0.15) is 0 Å². The molecule has 1 aliphatic rings. The first-order valence-corrected chi connectivity index (χ1v) is 6.90. The van der Waals surface area contributed by atoms with Crippen LogP contribution in [0.25, 0.3) is 0 Å². The van der Waals surface area contributed by atoms with Gasteiger partial charge >= 0.3 is 6.18 Å². The molecule has 1 aromatic rings. The van der Waals surface area contributed by atoms with Crippen LogP contribution in [-0.4, -0.2) is 24.8 Å². The second-order valence-corrected chi connectivity index (χ2v) is 6.07. The van der Waals surface area contributed by atoms with Crippen molar-refractivity contribution < 1.29 is 17.8 Å². The van der Waals surface area contributed by atoms with Crippen molar-refractivity contribution in [2.75, 3.05) is 14.1 Å². The minimum Gasteiger partial charge on any atom is -0.633 e. The molecule has 2 nitrogen and oxygen atoms in total. The Hall–Kier alpha value is -1.07. The Morgan fingerprint density at radius 3 is 2.50 bits per heavy atom. The van der Waals surface area contributed by atoms with Crippen molar-refractivity contribution in [1.82, 2.24) is 0 Å². The maximum atomic E-state index is 12.7. The van der Waals surface area contributed by atoms with Crippen LogP contribution < -0.4 is 0 Å². The molecule has 2 atom stereocenters. The van der Waals surface area contributed by atoms with E-state index >= 15 is 0 Å². The summed E-state index contributed by atoms with van der Waals surface area (Å²) in [5, 5.41) is 12.0. The predicted octanol–water partition coefficient (Wildman–Crippen LogP) is 4.31. The van der Waals surface area contributed by atoms with E-state index < -0.39 is 11.7 Å². The summed E-state index contributed by atoms with van der Waals surface area (Å²) in [7, 11) is 3.22. The number of hydrogen-bond acceptors (Lipinski definition) is 1. The van der Waals surface area contributed by atoms with Gasteiger partial charge in [0.25, 0.3) is 0 Å². The number of alkyl halides is 3. The van der Waals surface area contributed by atoms with E-state index in [-0.39, 0.29) is 16.6 Å². The molecule has 0 amide bonds. The van der Waals surface area contributed by atoms with E-state index in [9.17, 15) is 18.4 Å². The highest BCUT2D eigenvalue weighted by Gasteiger charge is 2.33. The lowest BCUT2D eigenvalue weighted by molar-refractivity contribution is -0.868. The van der Waals surface area contributed by atoms with E-state index in [0.29, 0.717) is 12.0 Å². The predicted molar refractivity (Wildman–Crippen MR) is 71.9 cm³/mol. The molecule has 112 valence electrons. The first-order chi connectivity index (χ1) is 9.18. The molecule has 20 heavy (non-hydrogen) atoms. The largest absolute Gasteiger partial charge is 0.633 e. The Balaban J connectivity index is 2.19. The number of rotatable bonds is 2. The quantitative estimate of drug-likeness (QED) is 0.587. The zero-order valence-electron chi connectivity index (χ0n) is 11.8. The zero-order valence-corrected chi connectivity index (χ0v) is 11.8. The van der Waals surface area contributed by atoms with E-state index in [4.69, 9.17) is 0 Å². The van der Waals surface area contributed by atoms with Crippen molar-refractivity contribution in [2.24, 2.45) is 0 Å². The van der Waals surface area contributed by atoms with Gasteiger partial charge in [-0.3, -0.25) is 0 Å². The Bertz CT molecular complexity index is 465. The molecule has 0 aliphatic heterocycles. The van der Waals surface area contributed by atoms with Gasteiger partial charge in [-0.05, 0) is 36.8 Å². The van der Waals surface area contributed by atoms with Gasteiger partial charge in [0.05, 0.1) is 25.7 Å². The molecule has 0 N–H and O–H groups in total. The third kappa shape index (κ3) is 3.52. The Labute approximate surface area is 117 Å². The lowest BCUT2D eigenvalue weighted by Gasteiger charge is -2.45. The Morgan fingerprint density at radius 1 is 1.20 bits per heavy atom. The van der Waals surface area contributed by atoms with Crippen molar-refractivity contribution in [1.29, 1.82) is 0 Å². The molecular weight excluding hydrogens is 267 g/mol. The topological polar surface area (TPSA) is 23.1 Å². The third-order valence-electron chi connectivity index (χ3n) is 4.21. The maximum Gasteiger partial charge on any atom is 0.416 e. The summed E-state index contributed by atoms with van der Waals surface area (Å²) in [5.41, 5.74) is 0.103. The van der Waals surface area contributed by atoms with Crippen molar-refractivity contribution in [2.45, 2.75) is 43.8 Å². The van der Waals surface area contributed by atoms with E-state index in [1.54, 1.807) is 20.2 Å². The second kappa shape index (κ2) is 5.37. The summed E-state index contributed by atoms with van der Waals surface area (Å²) in [6, 6.07) is 5.50.